The van der Waals surface area contributed by atoms with Crippen molar-refractivity contribution < 1.29 is 14.7 Å². The summed E-state index contributed by atoms with van der Waals surface area (Å²) < 4.78 is 0. The van der Waals surface area contributed by atoms with Crippen LogP contribution in [-0.4, -0.2) is 57.2 Å². The lowest BCUT2D eigenvalue weighted by atomic mass is 10.2. The molecule has 0 aromatic heterocycles. The molecule has 2 N–H and O–H groups in total. The topological polar surface area (TPSA) is 69.6 Å². The molecule has 5 nitrogen and oxygen atoms in total. The first-order chi connectivity index (χ1) is 9.04. The van der Waals surface area contributed by atoms with Gasteiger partial charge in [-0.1, -0.05) is 13.8 Å². The summed E-state index contributed by atoms with van der Waals surface area (Å²) in [6.45, 7) is 3.99. The highest BCUT2D eigenvalue weighted by Crippen LogP contribution is 2.31. The van der Waals surface area contributed by atoms with Crippen molar-refractivity contribution in [1.29, 1.82) is 0 Å². The second-order valence-electron chi connectivity index (χ2n) is 4.47. The number of urea groups is 1. The van der Waals surface area contributed by atoms with Gasteiger partial charge in [0.2, 0.25) is 0 Å². The number of thioether (sulfide) groups is 2. The number of carboxylic acid groups (broad SMARTS) is 1. The van der Waals surface area contributed by atoms with Crippen LogP contribution in [0.1, 0.15) is 26.7 Å². The summed E-state index contributed by atoms with van der Waals surface area (Å²) in [5.41, 5.74) is 0. The number of amides is 2. The molecule has 2 amide bonds. The fraction of sp³-hybridized carbons (Fsp3) is 0.833. The third-order valence-electron chi connectivity index (χ3n) is 3.15. The first kappa shape index (κ1) is 16.5. The summed E-state index contributed by atoms with van der Waals surface area (Å²) in [7, 11) is 0. The summed E-state index contributed by atoms with van der Waals surface area (Å²) >= 11 is 3.22. The average Bonchev–Trinajstić information content (AvgIpc) is 2.81. The molecule has 1 heterocycles. The maximum atomic E-state index is 12.3. The van der Waals surface area contributed by atoms with Crippen molar-refractivity contribution in [3.05, 3.63) is 0 Å². The molecule has 0 aliphatic carbocycles. The minimum Gasteiger partial charge on any atom is -0.480 e. The maximum absolute atomic E-state index is 12.3. The van der Waals surface area contributed by atoms with Crippen LogP contribution in [0.25, 0.3) is 0 Å². The lowest BCUT2D eigenvalue weighted by Gasteiger charge is -2.29. The Bertz CT molecular complexity index is 328. The zero-order valence-corrected chi connectivity index (χ0v) is 13.2. The van der Waals surface area contributed by atoms with Gasteiger partial charge < -0.3 is 10.4 Å². The van der Waals surface area contributed by atoms with Gasteiger partial charge in [-0.25, -0.2) is 9.59 Å². The number of hydrogen-bond acceptors (Lipinski definition) is 4. The normalized spacial score (nSPS) is 24.3. The highest BCUT2D eigenvalue weighted by Gasteiger charge is 2.41. The van der Waals surface area contributed by atoms with Crippen molar-refractivity contribution in [3.8, 4) is 0 Å². The molecule has 110 valence electrons. The number of carboxylic acids is 1. The molecule has 0 radical (unpaired) electrons. The predicted molar refractivity (Wildman–Crippen MR) is 80.8 cm³/mol. The van der Waals surface area contributed by atoms with E-state index in [9.17, 15) is 14.7 Å². The molecule has 1 fully saturated rings. The van der Waals surface area contributed by atoms with Crippen LogP contribution >= 0.6 is 23.5 Å². The standard InChI is InChI=1S/C12H22N2O3S2/c1-4-8(6-18-3)13-12(17)14-9(11(15)16)7-19-10(14)5-2/h8-10H,4-7H2,1-3H3,(H,13,17)(H,15,16). The highest BCUT2D eigenvalue weighted by molar-refractivity contribution is 8.00. The quantitative estimate of drug-likeness (QED) is 0.786. The van der Waals surface area contributed by atoms with Crippen LogP contribution in [0.4, 0.5) is 4.79 Å². The zero-order valence-electron chi connectivity index (χ0n) is 11.6. The Morgan fingerprint density at radius 2 is 2.21 bits per heavy atom. The molecule has 0 spiro atoms. The third kappa shape index (κ3) is 4.21. The molecular weight excluding hydrogens is 284 g/mol. The molecule has 3 unspecified atom stereocenters. The van der Waals surface area contributed by atoms with Gasteiger partial charge in [0.15, 0.2) is 0 Å². The second-order valence-corrected chi connectivity index (χ2v) is 6.59. The van der Waals surface area contributed by atoms with E-state index in [1.54, 1.807) is 23.5 Å². The Balaban J connectivity index is 2.72. The molecule has 3 atom stereocenters. The van der Waals surface area contributed by atoms with Crippen LogP contribution in [0, 0.1) is 0 Å². The summed E-state index contributed by atoms with van der Waals surface area (Å²) in [6.07, 6.45) is 3.61. The Kier molecular flexibility index (Phi) is 6.85. The van der Waals surface area contributed by atoms with Gasteiger partial charge in [0.25, 0.3) is 0 Å². The van der Waals surface area contributed by atoms with Crippen molar-refractivity contribution in [2.24, 2.45) is 0 Å². The van der Waals surface area contributed by atoms with Crippen LogP contribution in [0.3, 0.4) is 0 Å². The third-order valence-corrected chi connectivity index (χ3v) is 5.34. The minimum absolute atomic E-state index is 0.0344. The number of nitrogens with zero attached hydrogens (tertiary/aromatic N) is 1. The maximum Gasteiger partial charge on any atom is 0.327 e. The molecule has 19 heavy (non-hydrogen) atoms. The van der Waals surface area contributed by atoms with Crippen molar-refractivity contribution in [2.45, 2.75) is 44.1 Å². The van der Waals surface area contributed by atoms with E-state index in [0.717, 1.165) is 18.6 Å². The van der Waals surface area contributed by atoms with Gasteiger partial charge in [-0.05, 0) is 19.1 Å². The van der Waals surface area contributed by atoms with Gasteiger partial charge in [-0.15, -0.1) is 11.8 Å². The van der Waals surface area contributed by atoms with Crippen LogP contribution < -0.4 is 5.32 Å². The van der Waals surface area contributed by atoms with Gasteiger partial charge in [-0.3, -0.25) is 4.90 Å². The van der Waals surface area contributed by atoms with Crippen LogP contribution in [0.2, 0.25) is 0 Å². The fourth-order valence-electron chi connectivity index (χ4n) is 2.05. The van der Waals surface area contributed by atoms with Crippen LogP contribution in [0.15, 0.2) is 0 Å². The number of rotatable bonds is 6. The Morgan fingerprint density at radius 3 is 2.68 bits per heavy atom. The molecular formula is C12H22N2O3S2. The van der Waals surface area contributed by atoms with Gasteiger partial charge in [0.1, 0.15) is 6.04 Å². The van der Waals surface area contributed by atoms with E-state index in [1.807, 2.05) is 20.1 Å². The molecule has 0 aromatic rings. The second kappa shape index (κ2) is 7.89. The summed E-state index contributed by atoms with van der Waals surface area (Å²) in [6, 6.07) is -0.855. The number of carbonyl (C=O) groups is 2. The largest absolute Gasteiger partial charge is 0.480 e. The molecule has 1 saturated heterocycles. The fourth-order valence-corrected chi connectivity index (χ4v) is 4.12. The van der Waals surface area contributed by atoms with Crippen molar-refractivity contribution >= 4 is 35.5 Å². The number of nitrogens with one attached hydrogen (secondary N) is 1. The van der Waals surface area contributed by atoms with E-state index in [2.05, 4.69) is 5.32 Å². The monoisotopic (exact) mass is 306 g/mol. The Morgan fingerprint density at radius 1 is 1.53 bits per heavy atom. The van der Waals surface area contributed by atoms with Gasteiger partial charge in [0, 0.05) is 17.5 Å². The number of hydrogen-bond donors (Lipinski definition) is 2. The van der Waals surface area contributed by atoms with E-state index in [0.29, 0.717) is 5.75 Å². The molecule has 0 aromatic carbocycles. The SMILES string of the molecule is CCC(CSC)NC(=O)N1C(CC)SCC1C(=O)O. The number of aliphatic carboxylic acids is 1. The molecule has 0 bridgehead atoms. The lowest BCUT2D eigenvalue weighted by Crippen LogP contribution is -2.52. The van der Waals surface area contributed by atoms with E-state index in [4.69, 9.17) is 0 Å². The van der Waals surface area contributed by atoms with E-state index in [1.165, 1.54) is 4.90 Å². The van der Waals surface area contributed by atoms with Crippen LogP contribution in [-0.2, 0) is 4.79 Å². The predicted octanol–water partition coefficient (Wildman–Crippen LogP) is 2.08. The molecule has 1 rings (SSSR count). The zero-order chi connectivity index (χ0) is 14.4. The van der Waals surface area contributed by atoms with Crippen molar-refractivity contribution in [1.82, 2.24) is 10.2 Å². The Hall–Kier alpha value is -0.560. The molecule has 1 aliphatic rings. The first-order valence-corrected chi connectivity index (χ1v) is 8.91. The van der Waals surface area contributed by atoms with E-state index in [-0.39, 0.29) is 17.4 Å². The molecule has 0 saturated carbocycles. The van der Waals surface area contributed by atoms with Crippen molar-refractivity contribution in [2.75, 3.05) is 17.8 Å². The minimum atomic E-state index is -0.920. The number of carbonyl (C=O) groups excluding carboxylic acids is 1. The van der Waals surface area contributed by atoms with Crippen LogP contribution in [0.5, 0.6) is 0 Å². The van der Waals surface area contributed by atoms with Gasteiger partial charge in [-0.2, -0.15) is 11.8 Å². The first-order valence-electron chi connectivity index (χ1n) is 6.47. The smallest absolute Gasteiger partial charge is 0.327 e. The van der Waals surface area contributed by atoms with E-state index < -0.39 is 12.0 Å². The van der Waals surface area contributed by atoms with Crippen molar-refractivity contribution in [3.63, 3.8) is 0 Å². The summed E-state index contributed by atoms with van der Waals surface area (Å²) in [4.78, 5) is 25.0. The average molecular weight is 306 g/mol. The molecule has 7 heteroatoms. The van der Waals surface area contributed by atoms with E-state index >= 15 is 0 Å². The van der Waals surface area contributed by atoms with Gasteiger partial charge >= 0.3 is 12.0 Å². The van der Waals surface area contributed by atoms with Gasteiger partial charge in [0.05, 0.1) is 5.37 Å². The highest BCUT2D eigenvalue weighted by atomic mass is 32.2. The summed E-state index contributed by atoms with van der Waals surface area (Å²) in [5, 5.41) is 12.1. The lowest BCUT2D eigenvalue weighted by molar-refractivity contribution is -0.141. The Labute approximate surface area is 122 Å². The molecule has 1 aliphatic heterocycles. The summed E-state index contributed by atoms with van der Waals surface area (Å²) in [5.74, 6) is 0.398.